The molecular weight excluding hydrogens is 519 g/mol. The van der Waals surface area contributed by atoms with Crippen LogP contribution >= 0.6 is 23.4 Å². The van der Waals surface area contributed by atoms with Gasteiger partial charge in [-0.3, -0.25) is 14.7 Å². The predicted molar refractivity (Wildman–Crippen MR) is 140 cm³/mol. The zero-order valence-corrected chi connectivity index (χ0v) is 21.9. The molecule has 3 aromatic carbocycles. The fraction of sp³-hybridized carbons (Fsp3) is 0.231. The molecule has 4 rings (SSSR count). The Hall–Kier alpha value is -3.63. The number of aryl methyl sites for hydroxylation is 2. The van der Waals surface area contributed by atoms with Gasteiger partial charge in [-0.25, -0.2) is 4.39 Å². The van der Waals surface area contributed by atoms with Gasteiger partial charge in [0.1, 0.15) is 23.5 Å². The fourth-order valence-electron chi connectivity index (χ4n) is 3.79. The number of hydrogen-bond acceptors (Lipinski definition) is 7. The Balaban J connectivity index is 1.66. The van der Waals surface area contributed by atoms with Crippen molar-refractivity contribution in [2.24, 2.45) is 0 Å². The molecular formula is C26H24ClFN4O4S. The molecule has 0 aliphatic rings. The Morgan fingerprint density at radius 3 is 2.62 bits per heavy atom. The molecule has 0 saturated carbocycles. The second-order valence-electron chi connectivity index (χ2n) is 8.24. The highest BCUT2D eigenvalue weighted by Gasteiger charge is 2.26. The molecule has 0 saturated heterocycles. The summed E-state index contributed by atoms with van der Waals surface area (Å²) in [5, 5.41) is 20.1. The van der Waals surface area contributed by atoms with E-state index in [0.717, 1.165) is 11.3 Å². The molecule has 0 radical (unpaired) electrons. The van der Waals surface area contributed by atoms with Gasteiger partial charge in [-0.1, -0.05) is 53.7 Å². The lowest BCUT2D eigenvalue weighted by molar-refractivity contribution is -0.479. The second-order valence-corrected chi connectivity index (χ2v) is 9.82. The molecule has 11 heteroatoms. The lowest BCUT2D eigenvalue weighted by Crippen LogP contribution is -2.12. The van der Waals surface area contributed by atoms with Crippen molar-refractivity contribution in [1.82, 2.24) is 14.8 Å². The first-order valence-electron chi connectivity index (χ1n) is 11.3. The van der Waals surface area contributed by atoms with Crippen molar-refractivity contribution in [3.63, 3.8) is 0 Å². The van der Waals surface area contributed by atoms with E-state index in [1.54, 1.807) is 30.3 Å². The Morgan fingerprint density at radius 1 is 1.14 bits per heavy atom. The van der Waals surface area contributed by atoms with Crippen molar-refractivity contribution in [3.8, 4) is 17.2 Å². The van der Waals surface area contributed by atoms with E-state index >= 15 is 0 Å². The van der Waals surface area contributed by atoms with Crippen molar-refractivity contribution in [3.05, 3.63) is 104 Å². The summed E-state index contributed by atoms with van der Waals surface area (Å²) in [5.41, 5.74) is 2.83. The molecule has 0 N–H and O–H groups in total. The third-order valence-electron chi connectivity index (χ3n) is 5.57. The largest absolute Gasteiger partial charge is 0.493 e. The molecule has 8 nitrogen and oxygen atoms in total. The number of rotatable bonds is 10. The second kappa shape index (κ2) is 11.6. The molecule has 4 aromatic rings. The summed E-state index contributed by atoms with van der Waals surface area (Å²) < 4.78 is 27.2. The monoisotopic (exact) mass is 542 g/mol. The summed E-state index contributed by atoms with van der Waals surface area (Å²) in [5.74, 6) is 0.758. The van der Waals surface area contributed by atoms with Crippen LogP contribution in [0.25, 0.3) is 5.69 Å². The molecule has 0 amide bonds. The van der Waals surface area contributed by atoms with Crippen molar-refractivity contribution in [1.29, 1.82) is 0 Å². The number of ether oxygens (including phenoxy) is 2. The first-order chi connectivity index (χ1) is 17.8. The minimum absolute atomic E-state index is 0.0615. The molecule has 0 aliphatic carbocycles. The molecule has 0 fully saturated rings. The van der Waals surface area contributed by atoms with E-state index in [2.05, 4.69) is 10.2 Å². The number of aromatic nitrogens is 3. The van der Waals surface area contributed by atoms with Gasteiger partial charge in [0.2, 0.25) is 6.54 Å². The van der Waals surface area contributed by atoms with Gasteiger partial charge in [-0.15, -0.1) is 10.2 Å². The lowest BCUT2D eigenvalue weighted by atomic mass is 10.1. The van der Waals surface area contributed by atoms with E-state index in [9.17, 15) is 14.5 Å². The number of nitrogens with zero attached hydrogens (tertiary/aromatic N) is 4. The molecule has 0 bridgehead atoms. The number of thioether (sulfide) groups is 1. The van der Waals surface area contributed by atoms with Crippen molar-refractivity contribution in [2.45, 2.75) is 30.9 Å². The lowest BCUT2D eigenvalue weighted by Gasteiger charge is -2.18. The molecule has 37 heavy (non-hydrogen) atoms. The maximum Gasteiger partial charge on any atom is 0.220 e. The molecule has 1 heterocycles. The smallest absolute Gasteiger partial charge is 0.220 e. The van der Waals surface area contributed by atoms with E-state index in [1.165, 1.54) is 24.9 Å². The van der Waals surface area contributed by atoms with Gasteiger partial charge in [-0.05, 0) is 55.3 Å². The zero-order chi connectivity index (χ0) is 26.5. The van der Waals surface area contributed by atoms with Gasteiger partial charge in [-0.2, -0.15) is 0 Å². The Kier molecular flexibility index (Phi) is 8.30. The summed E-state index contributed by atoms with van der Waals surface area (Å²) in [6.07, 6.45) is 0. The average Bonchev–Trinajstić information content (AvgIpc) is 3.22. The third-order valence-corrected chi connectivity index (χ3v) is 7.03. The topological polar surface area (TPSA) is 92.3 Å². The van der Waals surface area contributed by atoms with Gasteiger partial charge >= 0.3 is 0 Å². The van der Waals surface area contributed by atoms with Crippen LogP contribution in [0.5, 0.6) is 11.5 Å². The standard InChI is InChI=1S/C26H24ClFN4O4S/c1-16-7-6-9-20(11-16)32-17(2)29-30-26(32)37-24(14-31(33)34)19-12-21(27)25(23(13-19)35-3)36-15-18-8-4-5-10-22(18)28/h4-13,24H,14-15H2,1-3H3/t24-/m1/s1. The van der Waals surface area contributed by atoms with Crippen molar-refractivity contribution in [2.75, 3.05) is 13.7 Å². The average molecular weight is 543 g/mol. The minimum atomic E-state index is -0.658. The highest BCUT2D eigenvalue weighted by atomic mass is 35.5. The first-order valence-corrected chi connectivity index (χ1v) is 12.5. The molecule has 0 spiro atoms. The van der Waals surface area contributed by atoms with Crippen LogP contribution in [0.2, 0.25) is 5.02 Å². The van der Waals surface area contributed by atoms with Crippen molar-refractivity contribution >= 4 is 23.4 Å². The molecule has 0 unspecified atom stereocenters. The van der Waals surface area contributed by atoms with Gasteiger partial charge < -0.3 is 9.47 Å². The number of hydrogen-bond donors (Lipinski definition) is 0. The van der Waals surface area contributed by atoms with Crippen LogP contribution in [0.3, 0.4) is 0 Å². The molecule has 192 valence electrons. The summed E-state index contributed by atoms with van der Waals surface area (Å²) in [6.45, 7) is 3.35. The predicted octanol–water partition coefficient (Wildman–Crippen LogP) is 6.37. The molecule has 0 aliphatic heterocycles. The first kappa shape index (κ1) is 26.4. The van der Waals surface area contributed by atoms with Gasteiger partial charge in [0.15, 0.2) is 16.7 Å². The number of methoxy groups -OCH3 is 1. The van der Waals surface area contributed by atoms with Crippen LogP contribution in [0.15, 0.2) is 65.8 Å². The van der Waals surface area contributed by atoms with E-state index in [4.69, 9.17) is 21.1 Å². The Bertz CT molecular complexity index is 1430. The molecule has 1 atom stereocenters. The number of halogens is 2. The fourth-order valence-corrected chi connectivity index (χ4v) is 5.22. The highest BCUT2D eigenvalue weighted by Crippen LogP contribution is 2.43. The number of benzene rings is 3. The summed E-state index contributed by atoms with van der Waals surface area (Å²) in [7, 11) is 1.44. The summed E-state index contributed by atoms with van der Waals surface area (Å²) >= 11 is 7.75. The van der Waals surface area contributed by atoms with E-state index in [0.29, 0.717) is 22.1 Å². The maximum absolute atomic E-state index is 14.0. The summed E-state index contributed by atoms with van der Waals surface area (Å²) in [6, 6.07) is 17.3. The maximum atomic E-state index is 14.0. The third kappa shape index (κ3) is 6.20. The van der Waals surface area contributed by atoms with Gasteiger partial charge in [0.25, 0.3) is 0 Å². The van der Waals surface area contributed by atoms with E-state index in [-0.39, 0.29) is 34.6 Å². The van der Waals surface area contributed by atoms with E-state index < -0.39 is 11.1 Å². The normalized spacial score (nSPS) is 11.8. The van der Waals surface area contributed by atoms with Crippen molar-refractivity contribution < 1.29 is 18.8 Å². The van der Waals surface area contributed by atoms with Crippen LogP contribution in [0.1, 0.15) is 27.8 Å². The zero-order valence-electron chi connectivity index (χ0n) is 20.4. The van der Waals surface area contributed by atoms with Gasteiger partial charge in [0, 0.05) is 16.2 Å². The SMILES string of the molecule is COc1cc([C@@H](C[N+](=O)[O-])Sc2nnc(C)n2-c2cccc(C)c2)cc(Cl)c1OCc1ccccc1F. The quantitative estimate of drug-likeness (QED) is 0.130. The van der Waals surface area contributed by atoms with Crippen LogP contribution in [-0.2, 0) is 6.61 Å². The van der Waals surface area contributed by atoms with Crippen LogP contribution in [-0.4, -0.2) is 33.3 Å². The van der Waals surface area contributed by atoms with Gasteiger partial charge in [0.05, 0.1) is 12.1 Å². The minimum Gasteiger partial charge on any atom is -0.493 e. The highest BCUT2D eigenvalue weighted by molar-refractivity contribution is 7.99. The van der Waals surface area contributed by atoms with Crippen LogP contribution in [0.4, 0.5) is 4.39 Å². The number of nitro groups is 1. The Labute approximate surface area is 222 Å². The Morgan fingerprint density at radius 2 is 1.92 bits per heavy atom. The van der Waals surface area contributed by atoms with Crippen LogP contribution < -0.4 is 9.47 Å². The summed E-state index contributed by atoms with van der Waals surface area (Å²) in [4.78, 5) is 11.2. The van der Waals surface area contributed by atoms with E-state index in [1.807, 2.05) is 42.7 Å². The van der Waals surface area contributed by atoms with Crippen LogP contribution in [0, 0.1) is 29.8 Å². The molecule has 1 aromatic heterocycles.